The van der Waals surface area contributed by atoms with E-state index in [0.29, 0.717) is 17.8 Å². The Bertz CT molecular complexity index is 411. The molecule has 0 amide bonds. The van der Waals surface area contributed by atoms with Crippen LogP contribution in [0.1, 0.15) is 31.2 Å². The van der Waals surface area contributed by atoms with Gasteiger partial charge in [-0.25, -0.2) is 4.39 Å². The second-order valence-electron chi connectivity index (χ2n) is 5.19. The zero-order chi connectivity index (χ0) is 13.1. The molecule has 2 rings (SSSR count). The van der Waals surface area contributed by atoms with Crippen molar-refractivity contribution in [1.82, 2.24) is 4.90 Å². The van der Waals surface area contributed by atoms with Crippen molar-refractivity contribution in [3.05, 3.63) is 29.6 Å². The average Bonchev–Trinajstić information content (AvgIpc) is 2.33. The highest BCUT2D eigenvalue weighted by molar-refractivity contribution is 5.40. The topological polar surface area (TPSA) is 49.5 Å². The molecule has 3 N–H and O–H groups in total. The molecule has 1 aliphatic rings. The van der Waals surface area contributed by atoms with Gasteiger partial charge in [-0.3, -0.25) is 4.90 Å². The van der Waals surface area contributed by atoms with E-state index in [1.54, 1.807) is 12.1 Å². The number of rotatable bonds is 3. The van der Waals surface area contributed by atoms with Crippen LogP contribution in [-0.4, -0.2) is 29.2 Å². The summed E-state index contributed by atoms with van der Waals surface area (Å²) in [4.78, 5) is 2.04. The third kappa shape index (κ3) is 3.00. The molecule has 0 aliphatic heterocycles. The number of nitrogens with two attached hydrogens (primary N) is 1. The first-order valence-corrected chi connectivity index (χ1v) is 6.50. The number of benzene rings is 1. The maximum absolute atomic E-state index is 13.7. The highest BCUT2D eigenvalue weighted by Gasteiger charge is 2.26. The van der Waals surface area contributed by atoms with E-state index in [1.807, 2.05) is 11.9 Å². The molecule has 1 fully saturated rings. The average molecular weight is 252 g/mol. The number of nitrogens with zero attached hydrogens (tertiary/aromatic N) is 1. The number of hydrogen-bond donors (Lipinski definition) is 2. The Morgan fingerprint density at radius 2 is 2.11 bits per heavy atom. The van der Waals surface area contributed by atoms with Crippen LogP contribution < -0.4 is 5.73 Å². The summed E-state index contributed by atoms with van der Waals surface area (Å²) in [6.07, 6.45) is 3.76. The third-order valence-electron chi connectivity index (χ3n) is 3.76. The largest absolute Gasteiger partial charge is 0.399 e. The Labute approximate surface area is 107 Å². The predicted molar refractivity (Wildman–Crippen MR) is 70.5 cm³/mol. The van der Waals surface area contributed by atoms with Crippen LogP contribution in [0.5, 0.6) is 0 Å². The summed E-state index contributed by atoms with van der Waals surface area (Å²) in [5.41, 5.74) is 6.60. The number of likely N-dealkylation sites (N-methyl/N-ethyl adjacent to an activating group) is 1. The first-order chi connectivity index (χ1) is 8.58. The summed E-state index contributed by atoms with van der Waals surface area (Å²) in [6.45, 7) is 0.508. The molecule has 3 nitrogen and oxygen atoms in total. The maximum atomic E-state index is 13.7. The minimum atomic E-state index is -0.291. The van der Waals surface area contributed by atoms with E-state index in [0.717, 1.165) is 25.7 Å². The van der Waals surface area contributed by atoms with Crippen molar-refractivity contribution in [2.75, 3.05) is 12.8 Å². The first-order valence-electron chi connectivity index (χ1n) is 6.50. The standard InChI is InChI=1S/C14H21FN2O/c1-17(13-4-2-3-5-14(13)18)9-10-6-7-11(16)8-12(10)15/h6-8,13-14,18H,2-5,9,16H2,1H3. The highest BCUT2D eigenvalue weighted by Crippen LogP contribution is 2.24. The molecule has 2 unspecified atom stereocenters. The number of hydrogen-bond acceptors (Lipinski definition) is 3. The maximum Gasteiger partial charge on any atom is 0.129 e. The quantitative estimate of drug-likeness (QED) is 0.810. The molecule has 0 spiro atoms. The second-order valence-corrected chi connectivity index (χ2v) is 5.19. The van der Waals surface area contributed by atoms with Gasteiger partial charge in [-0.05, 0) is 32.0 Å². The number of anilines is 1. The Morgan fingerprint density at radius 3 is 2.78 bits per heavy atom. The van der Waals surface area contributed by atoms with Crippen molar-refractivity contribution in [2.45, 2.75) is 44.4 Å². The van der Waals surface area contributed by atoms with Gasteiger partial charge in [-0.15, -0.1) is 0 Å². The minimum absolute atomic E-state index is 0.135. The summed E-state index contributed by atoms with van der Waals surface area (Å²) < 4.78 is 13.7. The summed E-state index contributed by atoms with van der Waals surface area (Å²) in [6, 6.07) is 4.91. The van der Waals surface area contributed by atoms with E-state index in [4.69, 9.17) is 5.73 Å². The summed E-state index contributed by atoms with van der Waals surface area (Å²) in [7, 11) is 1.94. The van der Waals surface area contributed by atoms with Crippen molar-refractivity contribution in [3.63, 3.8) is 0 Å². The molecular formula is C14H21FN2O. The number of nitrogen functional groups attached to an aromatic ring is 1. The van der Waals surface area contributed by atoms with E-state index in [2.05, 4.69) is 0 Å². The third-order valence-corrected chi connectivity index (χ3v) is 3.76. The fourth-order valence-corrected chi connectivity index (χ4v) is 2.68. The lowest BCUT2D eigenvalue weighted by molar-refractivity contribution is 0.0284. The molecule has 0 heterocycles. The van der Waals surface area contributed by atoms with Gasteiger partial charge in [0.25, 0.3) is 0 Å². The summed E-state index contributed by atoms with van der Waals surface area (Å²) >= 11 is 0. The van der Waals surface area contributed by atoms with Gasteiger partial charge in [-0.1, -0.05) is 18.9 Å². The van der Waals surface area contributed by atoms with E-state index in [1.165, 1.54) is 6.07 Å². The molecule has 1 aromatic rings. The van der Waals surface area contributed by atoms with Crippen LogP contribution >= 0.6 is 0 Å². The van der Waals surface area contributed by atoms with Crippen LogP contribution in [0, 0.1) is 5.82 Å². The molecule has 1 aromatic carbocycles. The number of halogens is 1. The van der Waals surface area contributed by atoms with Gasteiger partial charge in [0.15, 0.2) is 0 Å². The summed E-state index contributed by atoms with van der Waals surface area (Å²) in [5.74, 6) is -0.271. The zero-order valence-corrected chi connectivity index (χ0v) is 10.8. The van der Waals surface area contributed by atoms with Crippen LogP contribution in [0.3, 0.4) is 0 Å². The first kappa shape index (κ1) is 13.3. The normalized spacial score (nSPS) is 24.4. The molecule has 1 saturated carbocycles. The van der Waals surface area contributed by atoms with Gasteiger partial charge >= 0.3 is 0 Å². The Morgan fingerprint density at radius 1 is 1.39 bits per heavy atom. The fraction of sp³-hybridized carbons (Fsp3) is 0.571. The zero-order valence-electron chi connectivity index (χ0n) is 10.8. The van der Waals surface area contributed by atoms with Gasteiger partial charge in [0.1, 0.15) is 5.82 Å². The lowest BCUT2D eigenvalue weighted by Crippen LogP contribution is -2.43. The molecule has 0 bridgehead atoms. The van der Waals surface area contributed by atoms with E-state index < -0.39 is 0 Å². The van der Waals surface area contributed by atoms with E-state index in [9.17, 15) is 9.50 Å². The lowest BCUT2D eigenvalue weighted by Gasteiger charge is -2.35. The molecule has 2 atom stereocenters. The van der Waals surface area contributed by atoms with Crippen LogP contribution in [-0.2, 0) is 6.54 Å². The Kier molecular flexibility index (Phi) is 4.19. The van der Waals surface area contributed by atoms with Gasteiger partial charge in [0.2, 0.25) is 0 Å². The van der Waals surface area contributed by atoms with Gasteiger partial charge in [0, 0.05) is 23.8 Å². The van der Waals surface area contributed by atoms with Crippen molar-refractivity contribution >= 4 is 5.69 Å². The van der Waals surface area contributed by atoms with E-state index in [-0.39, 0.29) is 18.0 Å². The number of aliphatic hydroxyl groups excluding tert-OH is 1. The van der Waals surface area contributed by atoms with Crippen molar-refractivity contribution < 1.29 is 9.50 Å². The lowest BCUT2D eigenvalue weighted by atomic mass is 9.91. The molecule has 100 valence electrons. The van der Waals surface area contributed by atoms with Gasteiger partial charge in [0.05, 0.1) is 6.10 Å². The molecular weight excluding hydrogens is 231 g/mol. The van der Waals surface area contributed by atoms with Crippen LogP contribution in [0.4, 0.5) is 10.1 Å². The molecule has 0 saturated heterocycles. The SMILES string of the molecule is CN(Cc1ccc(N)cc1F)C1CCCCC1O. The summed E-state index contributed by atoms with van der Waals surface area (Å²) in [5, 5.41) is 9.98. The Balaban J connectivity index is 2.03. The van der Waals surface area contributed by atoms with Crippen molar-refractivity contribution in [1.29, 1.82) is 0 Å². The molecule has 0 radical (unpaired) electrons. The molecule has 0 aromatic heterocycles. The number of aliphatic hydroxyl groups is 1. The van der Waals surface area contributed by atoms with Crippen molar-refractivity contribution in [2.24, 2.45) is 0 Å². The second kappa shape index (κ2) is 5.67. The van der Waals surface area contributed by atoms with Crippen LogP contribution in [0.2, 0.25) is 0 Å². The molecule has 4 heteroatoms. The molecule has 1 aliphatic carbocycles. The van der Waals surface area contributed by atoms with Gasteiger partial charge < -0.3 is 10.8 Å². The Hall–Kier alpha value is -1.13. The molecule has 18 heavy (non-hydrogen) atoms. The van der Waals surface area contributed by atoms with Crippen molar-refractivity contribution in [3.8, 4) is 0 Å². The monoisotopic (exact) mass is 252 g/mol. The minimum Gasteiger partial charge on any atom is -0.399 e. The smallest absolute Gasteiger partial charge is 0.129 e. The highest BCUT2D eigenvalue weighted by atomic mass is 19.1. The van der Waals surface area contributed by atoms with Crippen LogP contribution in [0.25, 0.3) is 0 Å². The fourth-order valence-electron chi connectivity index (χ4n) is 2.68. The van der Waals surface area contributed by atoms with Gasteiger partial charge in [-0.2, -0.15) is 0 Å². The predicted octanol–water partition coefficient (Wildman–Crippen LogP) is 2.14. The van der Waals surface area contributed by atoms with Crippen LogP contribution in [0.15, 0.2) is 18.2 Å². The van der Waals surface area contributed by atoms with E-state index >= 15 is 0 Å².